The van der Waals surface area contributed by atoms with E-state index in [1.807, 2.05) is 30.3 Å². The molecule has 1 saturated carbocycles. The van der Waals surface area contributed by atoms with Crippen LogP contribution in [0.15, 0.2) is 30.3 Å². The maximum absolute atomic E-state index is 11.9. The van der Waals surface area contributed by atoms with Gasteiger partial charge in [0.15, 0.2) is 5.78 Å². The quantitative estimate of drug-likeness (QED) is 0.737. The van der Waals surface area contributed by atoms with Crippen LogP contribution in [0.3, 0.4) is 0 Å². The van der Waals surface area contributed by atoms with Gasteiger partial charge in [-0.3, -0.25) is 4.79 Å². The molecule has 2 heteroatoms. The third-order valence-corrected chi connectivity index (χ3v) is 3.67. The lowest BCUT2D eigenvalue weighted by Crippen LogP contribution is -2.22. The molecule has 0 amide bonds. The Morgan fingerprint density at radius 1 is 1.28 bits per heavy atom. The molecule has 2 unspecified atom stereocenters. The second-order valence-corrected chi connectivity index (χ2v) is 5.30. The zero-order valence-corrected chi connectivity index (χ0v) is 11.1. The van der Waals surface area contributed by atoms with E-state index >= 15 is 0 Å². The van der Waals surface area contributed by atoms with E-state index in [4.69, 9.17) is 4.74 Å². The molecule has 0 spiro atoms. The first-order chi connectivity index (χ1) is 8.75. The van der Waals surface area contributed by atoms with Gasteiger partial charge in [-0.25, -0.2) is 0 Å². The Hall–Kier alpha value is -1.15. The molecule has 18 heavy (non-hydrogen) atoms. The molecule has 0 heterocycles. The van der Waals surface area contributed by atoms with E-state index in [0.29, 0.717) is 19.1 Å². The molecule has 1 fully saturated rings. The van der Waals surface area contributed by atoms with Crippen molar-refractivity contribution >= 4 is 5.78 Å². The fourth-order valence-electron chi connectivity index (χ4n) is 2.62. The SMILES string of the molecule is CC1CCCC(OCCC(=O)c2ccccc2)C1. The highest BCUT2D eigenvalue weighted by Crippen LogP contribution is 2.25. The first-order valence-electron chi connectivity index (χ1n) is 6.95. The molecule has 2 rings (SSSR count). The number of hydrogen-bond acceptors (Lipinski definition) is 2. The number of carbonyl (C=O) groups is 1. The van der Waals surface area contributed by atoms with E-state index in [1.54, 1.807) is 0 Å². The van der Waals surface area contributed by atoms with Crippen molar-refractivity contribution in [2.24, 2.45) is 5.92 Å². The zero-order chi connectivity index (χ0) is 12.8. The van der Waals surface area contributed by atoms with Gasteiger partial charge in [-0.15, -0.1) is 0 Å². The van der Waals surface area contributed by atoms with Gasteiger partial charge in [0.1, 0.15) is 0 Å². The van der Waals surface area contributed by atoms with Crippen LogP contribution in [0.5, 0.6) is 0 Å². The molecule has 0 bridgehead atoms. The van der Waals surface area contributed by atoms with Gasteiger partial charge in [0.25, 0.3) is 0 Å². The molecule has 0 aliphatic heterocycles. The van der Waals surface area contributed by atoms with Crippen LogP contribution in [-0.2, 0) is 4.74 Å². The van der Waals surface area contributed by atoms with Crippen molar-refractivity contribution in [3.05, 3.63) is 35.9 Å². The summed E-state index contributed by atoms with van der Waals surface area (Å²) in [6.45, 7) is 2.84. The number of rotatable bonds is 5. The van der Waals surface area contributed by atoms with E-state index < -0.39 is 0 Å². The second-order valence-electron chi connectivity index (χ2n) is 5.30. The predicted octanol–water partition coefficient (Wildman–Crippen LogP) is 3.85. The maximum Gasteiger partial charge on any atom is 0.165 e. The fourth-order valence-corrected chi connectivity index (χ4v) is 2.62. The van der Waals surface area contributed by atoms with Crippen LogP contribution < -0.4 is 0 Å². The average Bonchev–Trinajstić information content (AvgIpc) is 2.40. The highest BCUT2D eigenvalue weighted by molar-refractivity contribution is 5.96. The monoisotopic (exact) mass is 246 g/mol. The Balaban J connectivity index is 1.70. The number of ether oxygens (including phenoxy) is 1. The summed E-state index contributed by atoms with van der Waals surface area (Å²) in [7, 11) is 0. The molecule has 0 N–H and O–H groups in total. The lowest BCUT2D eigenvalue weighted by Gasteiger charge is -2.26. The first-order valence-corrected chi connectivity index (χ1v) is 6.95. The summed E-state index contributed by atoms with van der Waals surface area (Å²) < 4.78 is 5.82. The molecule has 1 aliphatic rings. The normalized spacial score (nSPS) is 23.8. The van der Waals surface area contributed by atoms with Crippen molar-refractivity contribution in [3.8, 4) is 0 Å². The van der Waals surface area contributed by atoms with Crippen LogP contribution in [0.2, 0.25) is 0 Å². The van der Waals surface area contributed by atoms with E-state index in [2.05, 4.69) is 6.92 Å². The highest BCUT2D eigenvalue weighted by atomic mass is 16.5. The Morgan fingerprint density at radius 3 is 2.78 bits per heavy atom. The van der Waals surface area contributed by atoms with Gasteiger partial charge < -0.3 is 4.74 Å². The smallest absolute Gasteiger partial charge is 0.165 e. The van der Waals surface area contributed by atoms with Gasteiger partial charge in [0.05, 0.1) is 12.7 Å². The summed E-state index contributed by atoms with van der Waals surface area (Å²) in [5, 5.41) is 0. The minimum atomic E-state index is 0.180. The molecule has 2 nitrogen and oxygen atoms in total. The van der Waals surface area contributed by atoms with Crippen molar-refractivity contribution < 1.29 is 9.53 Å². The van der Waals surface area contributed by atoms with Gasteiger partial charge in [0.2, 0.25) is 0 Å². The van der Waals surface area contributed by atoms with Crippen molar-refractivity contribution in [1.82, 2.24) is 0 Å². The first kappa shape index (κ1) is 13.3. The standard InChI is InChI=1S/C16H22O2/c1-13-6-5-9-15(12-13)18-11-10-16(17)14-7-3-2-4-8-14/h2-4,7-8,13,15H,5-6,9-12H2,1H3. The third kappa shape index (κ3) is 3.95. The topological polar surface area (TPSA) is 26.3 Å². The number of Topliss-reactive ketones (excluding diaryl/α,β-unsaturated/α-hetero) is 1. The van der Waals surface area contributed by atoms with Gasteiger partial charge in [-0.2, -0.15) is 0 Å². The van der Waals surface area contributed by atoms with Crippen molar-refractivity contribution in [1.29, 1.82) is 0 Å². The highest BCUT2D eigenvalue weighted by Gasteiger charge is 2.19. The lowest BCUT2D eigenvalue weighted by atomic mass is 9.89. The summed E-state index contributed by atoms with van der Waals surface area (Å²) in [6.07, 6.45) is 5.76. The van der Waals surface area contributed by atoms with Crippen LogP contribution in [0.1, 0.15) is 49.4 Å². The second kappa shape index (κ2) is 6.69. The van der Waals surface area contributed by atoms with Crippen LogP contribution in [0.25, 0.3) is 0 Å². The summed E-state index contributed by atoms with van der Waals surface area (Å²) in [4.78, 5) is 11.9. The van der Waals surface area contributed by atoms with Gasteiger partial charge in [-0.05, 0) is 18.8 Å². The fraction of sp³-hybridized carbons (Fsp3) is 0.562. The maximum atomic E-state index is 11.9. The lowest BCUT2D eigenvalue weighted by molar-refractivity contribution is 0.0153. The molecule has 1 aromatic rings. The molecule has 1 aromatic carbocycles. The molecule has 1 aliphatic carbocycles. The predicted molar refractivity (Wildman–Crippen MR) is 72.8 cm³/mol. The minimum absolute atomic E-state index is 0.180. The van der Waals surface area contributed by atoms with E-state index in [9.17, 15) is 4.79 Å². The number of carbonyl (C=O) groups excluding carboxylic acids is 1. The molecule has 0 radical (unpaired) electrons. The van der Waals surface area contributed by atoms with Gasteiger partial charge in [-0.1, -0.05) is 50.1 Å². The number of hydrogen-bond donors (Lipinski definition) is 0. The summed E-state index contributed by atoms with van der Waals surface area (Å²) in [5.41, 5.74) is 0.790. The Labute approximate surface area is 109 Å². The summed E-state index contributed by atoms with van der Waals surface area (Å²) in [5.74, 6) is 0.952. The Kier molecular flexibility index (Phi) is 4.94. The van der Waals surface area contributed by atoms with E-state index in [-0.39, 0.29) is 5.78 Å². The Morgan fingerprint density at radius 2 is 2.06 bits per heavy atom. The summed E-state index contributed by atoms with van der Waals surface area (Å²) >= 11 is 0. The number of benzene rings is 1. The van der Waals surface area contributed by atoms with Crippen LogP contribution >= 0.6 is 0 Å². The van der Waals surface area contributed by atoms with E-state index in [0.717, 1.165) is 24.3 Å². The molecule has 0 saturated heterocycles. The molecular formula is C16H22O2. The average molecular weight is 246 g/mol. The molecule has 98 valence electrons. The van der Waals surface area contributed by atoms with Crippen LogP contribution in [-0.4, -0.2) is 18.5 Å². The third-order valence-electron chi connectivity index (χ3n) is 3.67. The van der Waals surface area contributed by atoms with Crippen molar-refractivity contribution in [3.63, 3.8) is 0 Å². The molecule has 0 aromatic heterocycles. The molecule has 2 atom stereocenters. The van der Waals surface area contributed by atoms with Gasteiger partial charge >= 0.3 is 0 Å². The molecular weight excluding hydrogens is 224 g/mol. The van der Waals surface area contributed by atoms with Crippen LogP contribution in [0.4, 0.5) is 0 Å². The van der Waals surface area contributed by atoms with Crippen LogP contribution in [0, 0.1) is 5.92 Å². The number of ketones is 1. The van der Waals surface area contributed by atoms with Crippen molar-refractivity contribution in [2.45, 2.75) is 45.1 Å². The summed E-state index contributed by atoms with van der Waals surface area (Å²) in [6, 6.07) is 9.46. The largest absolute Gasteiger partial charge is 0.378 e. The Bertz CT molecular complexity index is 372. The zero-order valence-electron chi connectivity index (χ0n) is 11.1. The minimum Gasteiger partial charge on any atom is -0.378 e. The van der Waals surface area contributed by atoms with E-state index in [1.165, 1.54) is 12.8 Å². The van der Waals surface area contributed by atoms with Gasteiger partial charge in [0, 0.05) is 12.0 Å². The van der Waals surface area contributed by atoms with Crippen molar-refractivity contribution in [2.75, 3.05) is 6.61 Å².